The van der Waals surface area contributed by atoms with Crippen molar-refractivity contribution in [2.24, 2.45) is 0 Å². The van der Waals surface area contributed by atoms with Crippen molar-refractivity contribution in [3.8, 4) is 0 Å². The number of rotatable bonds is 2. The van der Waals surface area contributed by atoms with Gasteiger partial charge < -0.3 is 10.7 Å². The minimum atomic E-state index is -0.193. The first-order valence-electron chi connectivity index (χ1n) is 5.16. The highest BCUT2D eigenvalue weighted by molar-refractivity contribution is 6.30. The Morgan fingerprint density at radius 1 is 1.35 bits per heavy atom. The third-order valence-electron chi connectivity index (χ3n) is 2.52. The molecule has 0 saturated heterocycles. The number of halogens is 1. The van der Waals surface area contributed by atoms with Gasteiger partial charge in [-0.2, -0.15) is 0 Å². The van der Waals surface area contributed by atoms with Crippen LogP contribution in [0.3, 0.4) is 0 Å². The summed E-state index contributed by atoms with van der Waals surface area (Å²) in [6, 6.07) is 7.37. The molecule has 0 aliphatic heterocycles. The van der Waals surface area contributed by atoms with Gasteiger partial charge in [0.15, 0.2) is 0 Å². The van der Waals surface area contributed by atoms with E-state index in [2.05, 4.69) is 9.97 Å². The van der Waals surface area contributed by atoms with Gasteiger partial charge in [0.1, 0.15) is 11.6 Å². The average molecular weight is 250 g/mol. The molecule has 17 heavy (non-hydrogen) atoms. The number of nitrogens with one attached hydrogen (secondary N) is 1. The summed E-state index contributed by atoms with van der Waals surface area (Å²) in [7, 11) is 0. The lowest BCUT2D eigenvalue weighted by Gasteiger charge is -2.04. The zero-order valence-electron chi connectivity index (χ0n) is 9.33. The summed E-state index contributed by atoms with van der Waals surface area (Å²) in [5.41, 5.74) is 6.92. The second kappa shape index (κ2) is 4.59. The molecule has 0 atom stereocenters. The van der Waals surface area contributed by atoms with E-state index in [0.717, 1.165) is 5.56 Å². The Hall–Kier alpha value is -1.81. The van der Waals surface area contributed by atoms with Crippen LogP contribution < -0.4 is 11.3 Å². The molecule has 3 N–H and O–H groups in total. The highest BCUT2D eigenvalue weighted by Gasteiger charge is 2.05. The van der Waals surface area contributed by atoms with Gasteiger partial charge in [0.25, 0.3) is 5.56 Å². The molecule has 2 rings (SSSR count). The lowest BCUT2D eigenvalue weighted by Crippen LogP contribution is -2.17. The van der Waals surface area contributed by atoms with Gasteiger partial charge in [-0.1, -0.05) is 23.7 Å². The van der Waals surface area contributed by atoms with E-state index in [1.165, 1.54) is 0 Å². The van der Waals surface area contributed by atoms with Crippen LogP contribution in [0.1, 0.15) is 17.0 Å². The predicted octanol–water partition coefficient (Wildman–Crippen LogP) is 1.90. The Bertz CT molecular complexity index is 590. The maximum Gasteiger partial charge on any atom is 0.255 e. The minimum absolute atomic E-state index is 0.193. The van der Waals surface area contributed by atoms with Crippen molar-refractivity contribution < 1.29 is 0 Å². The number of nitrogens with two attached hydrogens (primary N) is 1. The van der Waals surface area contributed by atoms with Crippen molar-refractivity contribution >= 4 is 17.4 Å². The largest absolute Gasteiger partial charge is 0.383 e. The van der Waals surface area contributed by atoms with Crippen LogP contribution in [0.15, 0.2) is 29.1 Å². The fraction of sp³-hybridized carbons (Fsp3) is 0.167. The van der Waals surface area contributed by atoms with Gasteiger partial charge in [-0.05, 0) is 24.6 Å². The summed E-state index contributed by atoms with van der Waals surface area (Å²) in [6.07, 6.45) is 0.525. The fourth-order valence-corrected chi connectivity index (χ4v) is 1.60. The van der Waals surface area contributed by atoms with E-state index in [1.54, 1.807) is 19.1 Å². The normalized spacial score (nSPS) is 10.5. The van der Waals surface area contributed by atoms with Crippen LogP contribution in [0.2, 0.25) is 5.02 Å². The standard InChI is InChI=1S/C12H12ClN3O/c1-7-11(14)15-10(16-12(7)17)6-8-2-4-9(13)5-3-8/h2-5H,6H2,1H3,(H3,14,15,16,17). The molecule has 1 aromatic carbocycles. The maximum atomic E-state index is 11.5. The van der Waals surface area contributed by atoms with Gasteiger partial charge in [0, 0.05) is 11.4 Å². The highest BCUT2D eigenvalue weighted by Crippen LogP contribution is 2.12. The van der Waals surface area contributed by atoms with Gasteiger partial charge in [-0.3, -0.25) is 4.79 Å². The molecule has 4 nitrogen and oxygen atoms in total. The van der Waals surface area contributed by atoms with E-state index >= 15 is 0 Å². The molecule has 0 spiro atoms. The maximum absolute atomic E-state index is 11.5. The van der Waals surface area contributed by atoms with Crippen molar-refractivity contribution in [2.45, 2.75) is 13.3 Å². The first-order valence-corrected chi connectivity index (χ1v) is 5.54. The van der Waals surface area contributed by atoms with Gasteiger partial charge in [-0.15, -0.1) is 0 Å². The lowest BCUT2D eigenvalue weighted by atomic mass is 10.1. The Morgan fingerprint density at radius 2 is 2.00 bits per heavy atom. The molecule has 1 aromatic heterocycles. The number of hydrogen-bond donors (Lipinski definition) is 2. The molecule has 88 valence electrons. The number of aromatic nitrogens is 2. The molecular formula is C12H12ClN3O. The van der Waals surface area contributed by atoms with Crippen LogP contribution in [0.4, 0.5) is 5.82 Å². The van der Waals surface area contributed by atoms with E-state index in [9.17, 15) is 4.79 Å². The van der Waals surface area contributed by atoms with Crippen molar-refractivity contribution in [3.63, 3.8) is 0 Å². The average Bonchev–Trinajstić information content (AvgIpc) is 2.29. The zero-order valence-corrected chi connectivity index (χ0v) is 10.1. The Balaban J connectivity index is 2.30. The SMILES string of the molecule is Cc1c(N)nc(Cc2ccc(Cl)cc2)[nH]c1=O. The van der Waals surface area contributed by atoms with E-state index in [4.69, 9.17) is 17.3 Å². The molecule has 0 aliphatic rings. The number of hydrogen-bond acceptors (Lipinski definition) is 3. The van der Waals surface area contributed by atoms with Crippen LogP contribution >= 0.6 is 11.6 Å². The molecular weight excluding hydrogens is 238 g/mol. The van der Waals surface area contributed by atoms with Crippen LogP contribution in [-0.4, -0.2) is 9.97 Å². The second-order valence-electron chi connectivity index (χ2n) is 3.83. The molecule has 0 unspecified atom stereocenters. The molecule has 0 radical (unpaired) electrons. The molecule has 2 aromatic rings. The Kier molecular flexibility index (Phi) is 3.15. The van der Waals surface area contributed by atoms with Crippen LogP contribution in [0.25, 0.3) is 0 Å². The summed E-state index contributed by atoms with van der Waals surface area (Å²) in [5, 5.41) is 0.679. The first-order chi connectivity index (χ1) is 8.06. The summed E-state index contributed by atoms with van der Waals surface area (Å²) in [4.78, 5) is 18.3. The number of nitrogens with zero attached hydrogens (tertiary/aromatic N) is 1. The van der Waals surface area contributed by atoms with Gasteiger partial charge in [0.2, 0.25) is 0 Å². The van der Waals surface area contributed by atoms with Gasteiger partial charge >= 0.3 is 0 Å². The fourth-order valence-electron chi connectivity index (χ4n) is 1.48. The van der Waals surface area contributed by atoms with Gasteiger partial charge in [0.05, 0.1) is 5.56 Å². The molecule has 0 aliphatic carbocycles. The second-order valence-corrected chi connectivity index (χ2v) is 4.26. The van der Waals surface area contributed by atoms with Crippen LogP contribution in [-0.2, 0) is 6.42 Å². The van der Waals surface area contributed by atoms with E-state index < -0.39 is 0 Å². The smallest absolute Gasteiger partial charge is 0.255 e. The summed E-state index contributed by atoms with van der Waals surface area (Å²) in [6.45, 7) is 1.65. The van der Waals surface area contributed by atoms with Crippen molar-refractivity contribution in [3.05, 3.63) is 56.6 Å². The van der Waals surface area contributed by atoms with Gasteiger partial charge in [-0.25, -0.2) is 4.98 Å². The van der Waals surface area contributed by atoms with Crippen LogP contribution in [0, 0.1) is 6.92 Å². The quantitative estimate of drug-likeness (QED) is 0.854. The van der Waals surface area contributed by atoms with E-state index in [-0.39, 0.29) is 11.4 Å². The molecule has 0 fully saturated rings. The first kappa shape index (κ1) is 11.7. The Morgan fingerprint density at radius 3 is 2.59 bits per heavy atom. The molecule has 0 amide bonds. The number of anilines is 1. The third-order valence-corrected chi connectivity index (χ3v) is 2.77. The number of aromatic amines is 1. The minimum Gasteiger partial charge on any atom is -0.383 e. The predicted molar refractivity (Wildman–Crippen MR) is 68.3 cm³/mol. The van der Waals surface area contributed by atoms with Crippen LogP contribution in [0.5, 0.6) is 0 Å². The molecule has 5 heteroatoms. The highest BCUT2D eigenvalue weighted by atomic mass is 35.5. The Labute approximate surface area is 103 Å². The van der Waals surface area contributed by atoms with E-state index in [1.807, 2.05) is 12.1 Å². The third kappa shape index (κ3) is 2.65. The van der Waals surface area contributed by atoms with Crippen molar-refractivity contribution in [2.75, 3.05) is 5.73 Å². The summed E-state index contributed by atoms with van der Waals surface area (Å²) < 4.78 is 0. The van der Waals surface area contributed by atoms with Crippen molar-refractivity contribution in [1.82, 2.24) is 9.97 Å². The molecule has 0 saturated carbocycles. The lowest BCUT2D eigenvalue weighted by molar-refractivity contribution is 0.938. The topological polar surface area (TPSA) is 71.8 Å². The number of benzene rings is 1. The van der Waals surface area contributed by atoms with E-state index in [0.29, 0.717) is 22.8 Å². The zero-order chi connectivity index (χ0) is 12.4. The monoisotopic (exact) mass is 249 g/mol. The molecule has 1 heterocycles. The summed E-state index contributed by atoms with van der Waals surface area (Å²) >= 11 is 5.79. The van der Waals surface area contributed by atoms with Crippen molar-refractivity contribution in [1.29, 1.82) is 0 Å². The molecule has 0 bridgehead atoms. The summed E-state index contributed by atoms with van der Waals surface area (Å²) in [5.74, 6) is 0.832. The number of nitrogen functional groups attached to an aromatic ring is 1. The number of H-pyrrole nitrogens is 1.